The Morgan fingerprint density at radius 2 is 1.65 bits per heavy atom. The molecule has 1 aromatic rings. The smallest absolute Gasteiger partial charge is 0.264 e. The third kappa shape index (κ3) is 2.87. The van der Waals surface area contributed by atoms with E-state index < -0.39 is 15.9 Å². The number of rotatable bonds is 2. The monoisotopic (exact) mass is 299 g/mol. The molecule has 0 spiro atoms. The van der Waals surface area contributed by atoms with Gasteiger partial charge in [-0.25, -0.2) is 13.1 Å². The van der Waals surface area contributed by atoms with Gasteiger partial charge < -0.3 is 9.47 Å². The first kappa shape index (κ1) is 14.6. The Morgan fingerprint density at radius 3 is 2.30 bits per heavy atom. The molecule has 0 aromatic heterocycles. The first-order valence-corrected chi connectivity index (χ1v) is 7.77. The number of aryl methyl sites for hydroxylation is 1. The highest BCUT2D eigenvalue weighted by Gasteiger charge is 2.25. The van der Waals surface area contributed by atoms with Crippen LogP contribution in [0.4, 0.5) is 0 Å². The number of methoxy groups -OCH3 is 2. The summed E-state index contributed by atoms with van der Waals surface area (Å²) in [5.74, 6) is 0.322. The fourth-order valence-corrected chi connectivity index (χ4v) is 3.48. The molecule has 0 aliphatic carbocycles. The largest absolute Gasteiger partial charge is 0.493 e. The predicted molar refractivity (Wildman–Crippen MR) is 72.4 cm³/mol. The molecule has 0 fully saturated rings. The molecular formula is C13H17NO5S. The van der Waals surface area contributed by atoms with Gasteiger partial charge in [0.15, 0.2) is 11.5 Å². The van der Waals surface area contributed by atoms with Crippen LogP contribution in [-0.4, -0.2) is 28.5 Å². The Morgan fingerprint density at radius 1 is 1.05 bits per heavy atom. The van der Waals surface area contributed by atoms with E-state index in [-0.39, 0.29) is 11.3 Å². The number of benzene rings is 1. The highest BCUT2D eigenvalue weighted by molar-refractivity contribution is 7.90. The van der Waals surface area contributed by atoms with E-state index in [1.807, 2.05) is 0 Å². The Labute approximate surface area is 118 Å². The fourth-order valence-electron chi connectivity index (χ4n) is 2.20. The second-order valence-corrected chi connectivity index (χ2v) is 6.20. The molecule has 0 bridgehead atoms. The number of amides is 1. The molecule has 0 saturated heterocycles. The summed E-state index contributed by atoms with van der Waals surface area (Å²) in [4.78, 5) is 11.6. The van der Waals surface area contributed by atoms with E-state index in [0.717, 1.165) is 6.42 Å². The third-order valence-electron chi connectivity index (χ3n) is 3.20. The third-order valence-corrected chi connectivity index (χ3v) is 4.66. The summed E-state index contributed by atoms with van der Waals surface area (Å²) >= 11 is 0. The van der Waals surface area contributed by atoms with Gasteiger partial charge >= 0.3 is 0 Å². The normalized spacial score (nSPS) is 18.0. The SMILES string of the molecule is COc1cc2c(cc1OC)S(=O)(=O)NC(=O)CCCC2. The van der Waals surface area contributed by atoms with Gasteiger partial charge in [-0.3, -0.25) is 4.79 Å². The maximum absolute atomic E-state index is 12.2. The van der Waals surface area contributed by atoms with Crippen molar-refractivity contribution >= 4 is 15.9 Å². The van der Waals surface area contributed by atoms with Gasteiger partial charge in [0.05, 0.1) is 19.1 Å². The Kier molecular flexibility index (Phi) is 4.17. The molecule has 0 saturated carbocycles. The lowest BCUT2D eigenvalue weighted by Crippen LogP contribution is -2.30. The molecule has 1 aromatic carbocycles. The topological polar surface area (TPSA) is 81.7 Å². The van der Waals surface area contributed by atoms with E-state index in [4.69, 9.17) is 9.47 Å². The maximum Gasteiger partial charge on any atom is 0.264 e. The van der Waals surface area contributed by atoms with Crippen molar-refractivity contribution in [3.8, 4) is 11.5 Å². The highest BCUT2D eigenvalue weighted by atomic mass is 32.2. The minimum Gasteiger partial charge on any atom is -0.493 e. The molecule has 7 heteroatoms. The van der Waals surface area contributed by atoms with Gasteiger partial charge in [-0.05, 0) is 30.9 Å². The minimum atomic E-state index is -3.87. The van der Waals surface area contributed by atoms with E-state index in [1.54, 1.807) is 6.07 Å². The Balaban J connectivity index is 2.60. The lowest BCUT2D eigenvalue weighted by Gasteiger charge is -2.14. The molecule has 0 unspecified atom stereocenters. The van der Waals surface area contributed by atoms with E-state index in [1.165, 1.54) is 20.3 Å². The van der Waals surface area contributed by atoms with Crippen LogP contribution in [0.5, 0.6) is 11.5 Å². The molecule has 0 atom stereocenters. The quantitative estimate of drug-likeness (QED) is 0.888. The van der Waals surface area contributed by atoms with Crippen molar-refractivity contribution in [3.63, 3.8) is 0 Å². The van der Waals surface area contributed by atoms with Crippen LogP contribution < -0.4 is 14.2 Å². The van der Waals surface area contributed by atoms with Crippen molar-refractivity contribution in [1.29, 1.82) is 0 Å². The van der Waals surface area contributed by atoms with Gasteiger partial charge in [-0.15, -0.1) is 0 Å². The van der Waals surface area contributed by atoms with Crippen LogP contribution in [0.3, 0.4) is 0 Å². The predicted octanol–water partition coefficient (Wildman–Crippen LogP) is 1.24. The zero-order chi connectivity index (χ0) is 14.8. The van der Waals surface area contributed by atoms with Crippen molar-refractivity contribution in [2.24, 2.45) is 0 Å². The molecule has 110 valence electrons. The summed E-state index contributed by atoms with van der Waals surface area (Å²) in [7, 11) is -0.936. The zero-order valence-electron chi connectivity index (χ0n) is 11.4. The molecule has 1 aliphatic heterocycles. The number of hydrogen-bond donors (Lipinski definition) is 1. The summed E-state index contributed by atoms with van der Waals surface area (Å²) in [5.41, 5.74) is 0.629. The van der Waals surface area contributed by atoms with Gasteiger partial charge in [-0.1, -0.05) is 0 Å². The van der Waals surface area contributed by atoms with Crippen LogP contribution in [-0.2, 0) is 21.2 Å². The van der Waals surface area contributed by atoms with Crippen LogP contribution in [0.1, 0.15) is 24.8 Å². The average molecular weight is 299 g/mol. The molecule has 1 aliphatic rings. The lowest BCUT2D eigenvalue weighted by molar-refractivity contribution is -0.119. The summed E-state index contributed by atoms with van der Waals surface area (Å²) in [5, 5.41) is 0. The number of hydrogen-bond acceptors (Lipinski definition) is 5. The number of ether oxygens (including phenoxy) is 2. The second kappa shape index (κ2) is 5.70. The van der Waals surface area contributed by atoms with Crippen molar-refractivity contribution in [2.75, 3.05) is 14.2 Å². The van der Waals surface area contributed by atoms with Gasteiger partial charge in [0, 0.05) is 12.5 Å². The number of nitrogens with one attached hydrogen (secondary N) is 1. The molecule has 20 heavy (non-hydrogen) atoms. The minimum absolute atomic E-state index is 0.0744. The van der Waals surface area contributed by atoms with Crippen molar-refractivity contribution in [1.82, 2.24) is 4.72 Å². The van der Waals surface area contributed by atoms with E-state index in [0.29, 0.717) is 29.9 Å². The molecule has 1 amide bonds. The number of fused-ring (bicyclic) bond motifs is 1. The van der Waals surface area contributed by atoms with Gasteiger partial charge in [0.2, 0.25) is 5.91 Å². The summed E-state index contributed by atoms with van der Waals surface area (Å²) in [6.45, 7) is 0. The summed E-state index contributed by atoms with van der Waals surface area (Å²) in [6, 6.07) is 3.05. The number of carbonyl (C=O) groups excluding carboxylic acids is 1. The van der Waals surface area contributed by atoms with E-state index in [9.17, 15) is 13.2 Å². The Bertz CT molecular complexity index is 624. The standard InChI is InChI=1S/C13H17NO5S/c1-18-10-7-9-5-3-4-6-13(15)14-20(16,17)12(9)8-11(10)19-2/h7-8H,3-6H2,1-2H3,(H,14,15). The number of carbonyl (C=O) groups is 1. The van der Waals surface area contributed by atoms with Crippen molar-refractivity contribution < 1.29 is 22.7 Å². The van der Waals surface area contributed by atoms with Crippen LogP contribution in [0.15, 0.2) is 17.0 Å². The molecular weight excluding hydrogens is 282 g/mol. The lowest BCUT2D eigenvalue weighted by atomic mass is 10.1. The van der Waals surface area contributed by atoms with Crippen LogP contribution >= 0.6 is 0 Å². The van der Waals surface area contributed by atoms with Crippen LogP contribution in [0.2, 0.25) is 0 Å². The van der Waals surface area contributed by atoms with Crippen molar-refractivity contribution in [2.45, 2.75) is 30.6 Å². The molecule has 6 nitrogen and oxygen atoms in total. The first-order chi connectivity index (χ1) is 9.47. The maximum atomic E-state index is 12.2. The molecule has 1 N–H and O–H groups in total. The van der Waals surface area contributed by atoms with E-state index >= 15 is 0 Å². The summed E-state index contributed by atoms with van der Waals surface area (Å²) in [6.07, 6.45) is 2.17. The average Bonchev–Trinajstić information content (AvgIpc) is 2.46. The molecule has 1 heterocycles. The van der Waals surface area contributed by atoms with Gasteiger partial charge in [0.25, 0.3) is 10.0 Å². The fraction of sp³-hybridized carbons (Fsp3) is 0.462. The second-order valence-electron chi connectivity index (χ2n) is 4.55. The zero-order valence-corrected chi connectivity index (χ0v) is 12.2. The highest BCUT2D eigenvalue weighted by Crippen LogP contribution is 2.34. The number of sulfonamides is 1. The van der Waals surface area contributed by atoms with E-state index in [2.05, 4.69) is 4.72 Å². The summed E-state index contributed by atoms with van der Waals surface area (Å²) < 4.78 is 36.9. The molecule has 2 rings (SSSR count). The van der Waals surface area contributed by atoms with Crippen LogP contribution in [0, 0.1) is 0 Å². The van der Waals surface area contributed by atoms with Gasteiger partial charge in [-0.2, -0.15) is 0 Å². The molecule has 0 radical (unpaired) electrons. The first-order valence-electron chi connectivity index (χ1n) is 6.28. The van der Waals surface area contributed by atoms with Crippen LogP contribution in [0.25, 0.3) is 0 Å². The Hall–Kier alpha value is -1.76. The van der Waals surface area contributed by atoms with Crippen molar-refractivity contribution in [3.05, 3.63) is 17.7 Å². The van der Waals surface area contributed by atoms with Gasteiger partial charge in [0.1, 0.15) is 0 Å².